The summed E-state index contributed by atoms with van der Waals surface area (Å²) in [6.07, 6.45) is 8.63. The summed E-state index contributed by atoms with van der Waals surface area (Å²) in [6, 6.07) is 10.5. The number of carbonyl (C=O) groups is 1. The van der Waals surface area contributed by atoms with Gasteiger partial charge in [-0.25, -0.2) is 0 Å². The minimum absolute atomic E-state index is 0.184. The standard InChI is InChI=1S/C24H33N3O/c1-5-6-7-18-8-10-20(11-9-18)26-22(28)19(14-25)15-27-17-24(4)13-21(27)12-23(2,3)16-24/h8-11,15,21H,5-7,12-13,16-17H2,1-4H3,(H,26,28)/b19-15-. The molecule has 0 spiro atoms. The van der Waals surface area contributed by atoms with E-state index in [-0.39, 0.29) is 16.9 Å². The molecule has 1 heterocycles. The van der Waals surface area contributed by atoms with Gasteiger partial charge in [0, 0.05) is 24.5 Å². The van der Waals surface area contributed by atoms with Crippen molar-refractivity contribution < 1.29 is 4.79 Å². The maximum Gasteiger partial charge on any atom is 0.267 e. The lowest BCUT2D eigenvalue weighted by atomic mass is 9.65. The number of amides is 1. The van der Waals surface area contributed by atoms with E-state index in [4.69, 9.17) is 0 Å². The van der Waals surface area contributed by atoms with Crippen molar-refractivity contribution in [3.05, 3.63) is 41.6 Å². The summed E-state index contributed by atoms with van der Waals surface area (Å²) < 4.78 is 0. The molecule has 1 saturated carbocycles. The summed E-state index contributed by atoms with van der Waals surface area (Å²) in [6.45, 7) is 10.1. The first-order valence-corrected chi connectivity index (χ1v) is 10.5. The number of rotatable bonds is 6. The minimum atomic E-state index is -0.324. The zero-order chi connectivity index (χ0) is 20.4. The fraction of sp³-hybridized carbons (Fsp3) is 0.583. The molecule has 28 heavy (non-hydrogen) atoms. The van der Waals surface area contributed by atoms with Crippen LogP contribution in [0.5, 0.6) is 0 Å². The number of aryl methyl sites for hydroxylation is 1. The topological polar surface area (TPSA) is 56.1 Å². The highest BCUT2D eigenvalue weighted by molar-refractivity contribution is 6.06. The molecule has 2 bridgehead atoms. The molecule has 4 heteroatoms. The largest absolute Gasteiger partial charge is 0.373 e. The average Bonchev–Trinajstić information content (AvgIpc) is 2.86. The first kappa shape index (κ1) is 20.5. The third-order valence-corrected chi connectivity index (χ3v) is 6.15. The van der Waals surface area contributed by atoms with Gasteiger partial charge in [0.25, 0.3) is 5.91 Å². The number of hydrogen-bond donors (Lipinski definition) is 1. The van der Waals surface area contributed by atoms with E-state index < -0.39 is 0 Å². The summed E-state index contributed by atoms with van der Waals surface area (Å²) in [4.78, 5) is 14.9. The normalized spacial score (nSPS) is 26.0. The van der Waals surface area contributed by atoms with Gasteiger partial charge in [-0.15, -0.1) is 0 Å². The molecule has 1 saturated heterocycles. The van der Waals surface area contributed by atoms with E-state index in [2.05, 4.69) is 44.0 Å². The smallest absolute Gasteiger partial charge is 0.267 e. The Kier molecular flexibility index (Phi) is 5.84. The molecule has 1 N–H and O–H groups in total. The second kappa shape index (κ2) is 7.99. The molecule has 3 rings (SSSR count). The predicted molar refractivity (Wildman–Crippen MR) is 114 cm³/mol. The van der Waals surface area contributed by atoms with E-state index in [0.717, 1.165) is 31.5 Å². The van der Waals surface area contributed by atoms with Crippen LogP contribution in [0.15, 0.2) is 36.0 Å². The third-order valence-electron chi connectivity index (χ3n) is 6.15. The van der Waals surface area contributed by atoms with Crippen LogP contribution >= 0.6 is 0 Å². The van der Waals surface area contributed by atoms with Crippen molar-refractivity contribution in [3.63, 3.8) is 0 Å². The lowest BCUT2D eigenvalue weighted by Gasteiger charge is -2.39. The molecule has 2 unspecified atom stereocenters. The Bertz CT molecular complexity index is 787. The summed E-state index contributed by atoms with van der Waals surface area (Å²) >= 11 is 0. The molecular formula is C24H33N3O. The molecule has 0 aromatic heterocycles. The number of carbonyl (C=O) groups excluding carboxylic acids is 1. The predicted octanol–water partition coefficient (Wildman–Crippen LogP) is 5.28. The highest BCUT2D eigenvalue weighted by Gasteiger charge is 2.48. The van der Waals surface area contributed by atoms with Gasteiger partial charge in [-0.1, -0.05) is 46.2 Å². The Morgan fingerprint density at radius 1 is 1.29 bits per heavy atom. The van der Waals surface area contributed by atoms with Gasteiger partial charge in [-0.3, -0.25) is 4.79 Å². The number of fused-ring (bicyclic) bond motifs is 2. The van der Waals surface area contributed by atoms with Crippen LogP contribution < -0.4 is 5.32 Å². The maximum atomic E-state index is 12.7. The third kappa shape index (κ3) is 4.76. The lowest BCUT2D eigenvalue weighted by molar-refractivity contribution is -0.112. The Morgan fingerprint density at radius 3 is 2.64 bits per heavy atom. The molecule has 1 aromatic carbocycles. The van der Waals surface area contributed by atoms with Crippen LogP contribution in [0.3, 0.4) is 0 Å². The summed E-state index contributed by atoms with van der Waals surface area (Å²) in [5, 5.41) is 12.5. The van der Waals surface area contributed by atoms with Crippen LogP contribution in [0.2, 0.25) is 0 Å². The van der Waals surface area contributed by atoms with E-state index in [9.17, 15) is 10.1 Å². The van der Waals surface area contributed by atoms with Gasteiger partial charge in [0.15, 0.2) is 0 Å². The van der Waals surface area contributed by atoms with Gasteiger partial charge in [-0.2, -0.15) is 5.26 Å². The van der Waals surface area contributed by atoms with E-state index >= 15 is 0 Å². The SMILES string of the molecule is CCCCc1ccc(NC(=O)/C(C#N)=C\N2CC3(C)CC2CC(C)(C)C3)cc1. The van der Waals surface area contributed by atoms with Crippen LogP contribution in [0.25, 0.3) is 0 Å². The highest BCUT2D eigenvalue weighted by Crippen LogP contribution is 2.52. The van der Waals surface area contributed by atoms with Gasteiger partial charge >= 0.3 is 0 Å². The monoisotopic (exact) mass is 379 g/mol. The number of benzene rings is 1. The first-order valence-electron chi connectivity index (χ1n) is 10.5. The Balaban J connectivity index is 1.68. The number of nitrogens with zero attached hydrogens (tertiary/aromatic N) is 2. The molecule has 2 atom stereocenters. The molecule has 0 radical (unpaired) electrons. The number of nitriles is 1. The van der Waals surface area contributed by atoms with E-state index in [0.29, 0.717) is 11.5 Å². The van der Waals surface area contributed by atoms with Crippen LogP contribution in [0.4, 0.5) is 5.69 Å². The van der Waals surface area contributed by atoms with Crippen LogP contribution in [-0.2, 0) is 11.2 Å². The highest BCUT2D eigenvalue weighted by atomic mass is 16.1. The zero-order valence-corrected chi connectivity index (χ0v) is 17.7. The van der Waals surface area contributed by atoms with Crippen molar-refractivity contribution >= 4 is 11.6 Å². The van der Waals surface area contributed by atoms with Crippen molar-refractivity contribution in [2.45, 2.75) is 72.3 Å². The fourth-order valence-corrected chi connectivity index (χ4v) is 5.29. The number of hydrogen-bond acceptors (Lipinski definition) is 3. The maximum absolute atomic E-state index is 12.7. The molecule has 2 aliphatic rings. The molecule has 1 aliphatic heterocycles. The number of nitrogens with one attached hydrogen (secondary N) is 1. The Labute approximate surface area is 169 Å². The van der Waals surface area contributed by atoms with E-state index in [1.54, 1.807) is 6.20 Å². The second-order valence-corrected chi connectivity index (χ2v) is 9.80. The second-order valence-electron chi connectivity index (χ2n) is 9.80. The summed E-state index contributed by atoms with van der Waals surface area (Å²) in [7, 11) is 0. The Hall–Kier alpha value is -2.28. The molecule has 2 fully saturated rings. The molecule has 1 amide bonds. The van der Waals surface area contributed by atoms with E-state index in [1.807, 2.05) is 24.3 Å². The van der Waals surface area contributed by atoms with Gasteiger partial charge in [0.2, 0.25) is 0 Å². The average molecular weight is 380 g/mol. The van der Waals surface area contributed by atoms with Crippen molar-refractivity contribution in [2.75, 3.05) is 11.9 Å². The van der Waals surface area contributed by atoms with Crippen LogP contribution in [0.1, 0.15) is 65.4 Å². The van der Waals surface area contributed by atoms with Crippen molar-refractivity contribution in [1.29, 1.82) is 5.26 Å². The zero-order valence-electron chi connectivity index (χ0n) is 17.7. The molecule has 4 nitrogen and oxygen atoms in total. The quantitative estimate of drug-likeness (QED) is 0.541. The van der Waals surface area contributed by atoms with Gasteiger partial charge in [0.05, 0.1) is 0 Å². The first-order chi connectivity index (χ1) is 13.2. The van der Waals surface area contributed by atoms with Crippen LogP contribution in [-0.4, -0.2) is 23.4 Å². The fourth-order valence-electron chi connectivity index (χ4n) is 5.29. The summed E-state index contributed by atoms with van der Waals surface area (Å²) in [5.74, 6) is -0.324. The van der Waals surface area contributed by atoms with Crippen molar-refractivity contribution in [1.82, 2.24) is 4.90 Å². The van der Waals surface area contributed by atoms with Gasteiger partial charge in [-0.05, 0) is 60.6 Å². The number of likely N-dealkylation sites (tertiary alicyclic amines) is 1. The molecule has 1 aliphatic carbocycles. The number of anilines is 1. The van der Waals surface area contributed by atoms with Crippen molar-refractivity contribution in [3.8, 4) is 6.07 Å². The molecule has 150 valence electrons. The number of unbranched alkanes of at least 4 members (excludes halogenated alkanes) is 1. The van der Waals surface area contributed by atoms with Gasteiger partial charge < -0.3 is 10.2 Å². The van der Waals surface area contributed by atoms with Gasteiger partial charge in [0.1, 0.15) is 11.6 Å². The van der Waals surface area contributed by atoms with Crippen molar-refractivity contribution in [2.24, 2.45) is 10.8 Å². The van der Waals surface area contributed by atoms with Crippen LogP contribution in [0, 0.1) is 22.2 Å². The lowest BCUT2D eigenvalue weighted by Crippen LogP contribution is -2.33. The molecule has 1 aromatic rings. The Morgan fingerprint density at radius 2 is 2.00 bits per heavy atom. The summed E-state index contributed by atoms with van der Waals surface area (Å²) in [5.41, 5.74) is 2.78. The minimum Gasteiger partial charge on any atom is -0.373 e. The van der Waals surface area contributed by atoms with E-state index in [1.165, 1.54) is 24.8 Å². The molecular weight excluding hydrogens is 346 g/mol.